The van der Waals surface area contributed by atoms with E-state index in [2.05, 4.69) is 19.8 Å². The second kappa shape index (κ2) is 6.83. The van der Waals surface area contributed by atoms with Gasteiger partial charge in [-0.2, -0.15) is 0 Å². The Balaban J connectivity index is 1.62. The Kier molecular flexibility index (Phi) is 4.62. The molecule has 0 aliphatic carbocycles. The number of aromatic nitrogens is 2. The van der Waals surface area contributed by atoms with Crippen LogP contribution in [0.3, 0.4) is 0 Å². The van der Waals surface area contributed by atoms with Crippen LogP contribution in [0.5, 0.6) is 5.75 Å². The quantitative estimate of drug-likeness (QED) is 0.801. The average Bonchev–Trinajstić information content (AvgIpc) is 3.03. The smallest absolute Gasteiger partial charge is 0.358 e. The molecule has 0 saturated carbocycles. The van der Waals surface area contributed by atoms with Gasteiger partial charge < -0.3 is 14.4 Å². The molecule has 23 heavy (non-hydrogen) atoms. The van der Waals surface area contributed by atoms with Gasteiger partial charge in [0.1, 0.15) is 11.9 Å². The Morgan fingerprint density at radius 1 is 1.30 bits per heavy atom. The minimum atomic E-state index is -0.493. The summed E-state index contributed by atoms with van der Waals surface area (Å²) < 4.78 is 10.5. The van der Waals surface area contributed by atoms with Gasteiger partial charge in [0.15, 0.2) is 11.5 Å². The lowest BCUT2D eigenvalue weighted by Gasteiger charge is -2.17. The van der Waals surface area contributed by atoms with Gasteiger partial charge in [0, 0.05) is 18.0 Å². The summed E-state index contributed by atoms with van der Waals surface area (Å²) in [6, 6.07) is 10.7. The SMILES string of the molecule is COC(=O)c1ccc(N2CC[C@@H](Oc3cccc(Cl)c3)C2)nn1. The molecule has 3 rings (SSSR count). The van der Waals surface area contributed by atoms with Gasteiger partial charge in [-0.1, -0.05) is 17.7 Å². The summed E-state index contributed by atoms with van der Waals surface area (Å²) in [5, 5.41) is 8.63. The third-order valence-corrected chi connectivity index (χ3v) is 3.85. The minimum absolute atomic E-state index is 0.0653. The van der Waals surface area contributed by atoms with E-state index in [4.69, 9.17) is 16.3 Å². The Morgan fingerprint density at radius 3 is 2.87 bits per heavy atom. The van der Waals surface area contributed by atoms with Crippen molar-refractivity contribution in [1.82, 2.24) is 10.2 Å². The number of nitrogens with zero attached hydrogens (tertiary/aromatic N) is 3. The lowest BCUT2D eigenvalue weighted by atomic mass is 10.3. The fraction of sp³-hybridized carbons (Fsp3) is 0.312. The zero-order chi connectivity index (χ0) is 16.2. The molecule has 1 aliphatic rings. The molecule has 0 unspecified atom stereocenters. The molecular formula is C16H16ClN3O3. The number of rotatable bonds is 4. The maximum Gasteiger partial charge on any atom is 0.358 e. The van der Waals surface area contributed by atoms with E-state index in [-0.39, 0.29) is 11.8 Å². The van der Waals surface area contributed by atoms with E-state index in [0.717, 1.165) is 24.5 Å². The number of methoxy groups -OCH3 is 1. The van der Waals surface area contributed by atoms with E-state index in [9.17, 15) is 4.79 Å². The van der Waals surface area contributed by atoms with Crippen molar-refractivity contribution in [3.8, 4) is 5.75 Å². The van der Waals surface area contributed by atoms with Crippen molar-refractivity contribution in [2.24, 2.45) is 0 Å². The summed E-state index contributed by atoms with van der Waals surface area (Å²) >= 11 is 5.96. The van der Waals surface area contributed by atoms with Crippen LogP contribution in [0.2, 0.25) is 5.02 Å². The Hall–Kier alpha value is -2.34. The van der Waals surface area contributed by atoms with E-state index in [1.807, 2.05) is 18.2 Å². The first kappa shape index (κ1) is 15.6. The van der Waals surface area contributed by atoms with Crippen LogP contribution < -0.4 is 9.64 Å². The number of carbonyl (C=O) groups excluding carboxylic acids is 1. The Bertz CT molecular complexity index is 693. The largest absolute Gasteiger partial charge is 0.488 e. The third-order valence-electron chi connectivity index (χ3n) is 3.61. The highest BCUT2D eigenvalue weighted by Crippen LogP contribution is 2.23. The highest BCUT2D eigenvalue weighted by molar-refractivity contribution is 6.30. The number of ether oxygens (including phenoxy) is 2. The molecule has 6 nitrogen and oxygen atoms in total. The molecule has 1 aromatic heterocycles. The maximum atomic E-state index is 11.4. The van der Waals surface area contributed by atoms with Gasteiger partial charge >= 0.3 is 5.97 Å². The molecule has 1 aromatic carbocycles. The first-order valence-electron chi connectivity index (χ1n) is 7.25. The molecule has 120 valence electrons. The summed E-state index contributed by atoms with van der Waals surface area (Å²) in [5.41, 5.74) is 0.196. The number of hydrogen-bond donors (Lipinski definition) is 0. The van der Waals surface area contributed by atoms with Crippen molar-refractivity contribution in [1.29, 1.82) is 0 Å². The minimum Gasteiger partial charge on any atom is -0.488 e. The molecular weight excluding hydrogens is 318 g/mol. The van der Waals surface area contributed by atoms with E-state index < -0.39 is 5.97 Å². The summed E-state index contributed by atoms with van der Waals surface area (Å²) in [6.45, 7) is 1.52. The molecule has 2 heterocycles. The van der Waals surface area contributed by atoms with Gasteiger partial charge in [-0.15, -0.1) is 10.2 Å². The van der Waals surface area contributed by atoms with E-state index in [1.165, 1.54) is 7.11 Å². The summed E-state index contributed by atoms with van der Waals surface area (Å²) in [4.78, 5) is 13.4. The maximum absolute atomic E-state index is 11.4. The fourth-order valence-corrected chi connectivity index (χ4v) is 2.65. The first-order valence-corrected chi connectivity index (χ1v) is 7.63. The standard InChI is InChI=1S/C16H16ClN3O3/c1-22-16(21)14-5-6-15(19-18-14)20-8-7-13(10-20)23-12-4-2-3-11(17)9-12/h2-6,9,13H,7-8,10H2,1H3/t13-/m1/s1. The normalized spacial score (nSPS) is 17.1. The molecule has 1 saturated heterocycles. The molecule has 0 bridgehead atoms. The molecule has 1 aliphatic heterocycles. The molecule has 0 radical (unpaired) electrons. The summed E-state index contributed by atoms with van der Waals surface area (Å²) in [6.07, 6.45) is 0.947. The predicted octanol–water partition coefficient (Wildman–Crippen LogP) is 2.57. The number of benzene rings is 1. The molecule has 1 fully saturated rings. The van der Waals surface area contributed by atoms with Gasteiger partial charge in [0.25, 0.3) is 0 Å². The van der Waals surface area contributed by atoms with Gasteiger partial charge in [0.2, 0.25) is 0 Å². The third kappa shape index (κ3) is 3.71. The molecule has 2 aromatic rings. The van der Waals surface area contributed by atoms with Crippen LogP contribution in [0.25, 0.3) is 0 Å². The Morgan fingerprint density at radius 2 is 2.17 bits per heavy atom. The van der Waals surface area contributed by atoms with Crippen LogP contribution in [0, 0.1) is 0 Å². The summed E-state index contributed by atoms with van der Waals surface area (Å²) in [5.74, 6) is 0.985. The highest BCUT2D eigenvalue weighted by atomic mass is 35.5. The van der Waals surface area contributed by atoms with E-state index in [0.29, 0.717) is 11.6 Å². The molecule has 7 heteroatoms. The fourth-order valence-electron chi connectivity index (χ4n) is 2.47. The first-order chi connectivity index (χ1) is 11.2. The average molecular weight is 334 g/mol. The van der Waals surface area contributed by atoms with Crippen LogP contribution in [-0.2, 0) is 4.74 Å². The molecule has 0 amide bonds. The monoisotopic (exact) mass is 333 g/mol. The van der Waals surface area contributed by atoms with Crippen molar-refractivity contribution in [2.45, 2.75) is 12.5 Å². The van der Waals surface area contributed by atoms with Crippen LogP contribution in [0.15, 0.2) is 36.4 Å². The second-order valence-corrected chi connectivity index (χ2v) is 5.64. The zero-order valence-electron chi connectivity index (χ0n) is 12.6. The number of anilines is 1. The van der Waals surface area contributed by atoms with Crippen LogP contribution in [-0.4, -0.2) is 42.5 Å². The lowest BCUT2D eigenvalue weighted by molar-refractivity contribution is 0.0592. The van der Waals surface area contributed by atoms with Crippen LogP contribution in [0.1, 0.15) is 16.9 Å². The summed E-state index contributed by atoms with van der Waals surface area (Å²) in [7, 11) is 1.32. The van der Waals surface area contributed by atoms with Gasteiger partial charge in [-0.25, -0.2) is 4.79 Å². The number of hydrogen-bond acceptors (Lipinski definition) is 6. The molecule has 0 N–H and O–H groups in total. The number of carbonyl (C=O) groups is 1. The van der Waals surface area contributed by atoms with Crippen LogP contribution in [0.4, 0.5) is 5.82 Å². The van der Waals surface area contributed by atoms with Gasteiger partial charge in [-0.05, 0) is 30.3 Å². The zero-order valence-corrected chi connectivity index (χ0v) is 13.4. The van der Waals surface area contributed by atoms with Crippen LogP contribution >= 0.6 is 11.6 Å². The van der Waals surface area contributed by atoms with Crippen molar-refractivity contribution in [3.05, 3.63) is 47.1 Å². The van der Waals surface area contributed by atoms with Crippen molar-refractivity contribution in [3.63, 3.8) is 0 Å². The van der Waals surface area contributed by atoms with Gasteiger partial charge in [0.05, 0.1) is 13.7 Å². The number of esters is 1. The number of halogens is 1. The predicted molar refractivity (Wildman–Crippen MR) is 86.1 cm³/mol. The van der Waals surface area contributed by atoms with Gasteiger partial charge in [-0.3, -0.25) is 0 Å². The second-order valence-electron chi connectivity index (χ2n) is 5.20. The lowest BCUT2D eigenvalue weighted by Crippen LogP contribution is -2.25. The molecule has 0 spiro atoms. The van der Waals surface area contributed by atoms with Crippen molar-refractivity contribution < 1.29 is 14.3 Å². The topological polar surface area (TPSA) is 64.5 Å². The van der Waals surface area contributed by atoms with E-state index >= 15 is 0 Å². The molecule has 1 atom stereocenters. The highest BCUT2D eigenvalue weighted by Gasteiger charge is 2.25. The Labute approximate surface area is 139 Å². The van der Waals surface area contributed by atoms with Crippen molar-refractivity contribution in [2.75, 3.05) is 25.1 Å². The van der Waals surface area contributed by atoms with Crippen molar-refractivity contribution >= 4 is 23.4 Å². The van der Waals surface area contributed by atoms with E-state index in [1.54, 1.807) is 18.2 Å².